The molecule has 7 nitrogen and oxygen atoms in total. The smallest absolute Gasteiger partial charge is 0.244 e. The lowest BCUT2D eigenvalue weighted by Gasteiger charge is -2.41. The number of nitrogens with one attached hydrogen (secondary N) is 2. The van der Waals surface area contributed by atoms with Gasteiger partial charge in [-0.05, 0) is 30.2 Å². The number of aliphatic hydroxyl groups excluding tert-OH is 1. The van der Waals surface area contributed by atoms with E-state index in [1.807, 2.05) is 44.2 Å². The van der Waals surface area contributed by atoms with Crippen LogP contribution in [0.5, 0.6) is 0 Å². The monoisotopic (exact) mass is 529 g/mol. The Balaban J connectivity index is 1.66. The molecule has 3 heterocycles. The minimum Gasteiger partial charge on any atom is -0.394 e. The molecule has 1 aromatic carbocycles. The van der Waals surface area contributed by atoms with Gasteiger partial charge in [-0.3, -0.25) is 14.4 Å². The van der Waals surface area contributed by atoms with Gasteiger partial charge >= 0.3 is 0 Å². The molecule has 3 saturated heterocycles. The van der Waals surface area contributed by atoms with Crippen LogP contribution in [0.15, 0.2) is 30.3 Å². The van der Waals surface area contributed by atoms with Gasteiger partial charge in [-0.25, -0.2) is 0 Å². The van der Waals surface area contributed by atoms with Crippen LogP contribution in [0.3, 0.4) is 0 Å². The van der Waals surface area contributed by atoms with E-state index in [1.54, 1.807) is 16.7 Å². The number of fused-ring (bicyclic) bond motifs is 1. The Morgan fingerprint density at radius 3 is 2.54 bits per heavy atom. The molecule has 4 rings (SSSR count). The molecule has 3 N–H and O–H groups in total. The summed E-state index contributed by atoms with van der Waals surface area (Å²) in [4.78, 5) is 43.4. The van der Waals surface area contributed by atoms with Crippen molar-refractivity contribution < 1.29 is 19.5 Å². The zero-order valence-corrected chi connectivity index (χ0v) is 23.4. The molecule has 0 saturated carbocycles. The molecule has 3 aliphatic rings. The van der Waals surface area contributed by atoms with Gasteiger partial charge in [-0.1, -0.05) is 77.3 Å². The Bertz CT molecular complexity index is 975. The summed E-state index contributed by atoms with van der Waals surface area (Å²) in [7, 11) is 0. The van der Waals surface area contributed by atoms with E-state index in [4.69, 9.17) is 0 Å². The maximum Gasteiger partial charge on any atom is 0.244 e. The van der Waals surface area contributed by atoms with Crippen molar-refractivity contribution in [3.05, 3.63) is 35.9 Å². The summed E-state index contributed by atoms with van der Waals surface area (Å²) in [5.41, 5.74) is 1.01. The number of likely N-dealkylation sites (tertiary alicyclic amines) is 1. The van der Waals surface area contributed by atoms with E-state index < -0.39 is 28.7 Å². The number of benzene rings is 1. The summed E-state index contributed by atoms with van der Waals surface area (Å²) in [6.07, 6.45) is 4.57. The average Bonchev–Trinajstić information content (AvgIpc) is 3.50. The van der Waals surface area contributed by atoms with Crippen molar-refractivity contribution in [1.82, 2.24) is 15.5 Å². The van der Waals surface area contributed by atoms with Gasteiger partial charge in [-0.15, -0.1) is 11.8 Å². The fourth-order valence-electron chi connectivity index (χ4n) is 6.82. The second-order valence-electron chi connectivity index (χ2n) is 11.1. The highest BCUT2D eigenvalue weighted by Gasteiger charge is 2.76. The Labute approximate surface area is 225 Å². The quantitative estimate of drug-likeness (QED) is 0.361. The molecule has 3 fully saturated rings. The number of hydrogen-bond donors (Lipinski definition) is 3. The van der Waals surface area contributed by atoms with Gasteiger partial charge in [0.2, 0.25) is 17.7 Å². The van der Waals surface area contributed by atoms with Crippen LogP contribution in [0.1, 0.15) is 65.4 Å². The van der Waals surface area contributed by atoms with Crippen LogP contribution in [-0.2, 0) is 20.9 Å². The molecule has 3 unspecified atom stereocenters. The van der Waals surface area contributed by atoms with Crippen LogP contribution >= 0.6 is 11.8 Å². The number of rotatable bonds is 12. The van der Waals surface area contributed by atoms with Crippen molar-refractivity contribution in [3.63, 3.8) is 0 Å². The molecule has 1 aromatic rings. The van der Waals surface area contributed by atoms with Gasteiger partial charge in [0.15, 0.2) is 0 Å². The van der Waals surface area contributed by atoms with Gasteiger partial charge < -0.3 is 20.6 Å². The molecule has 0 aliphatic carbocycles. The van der Waals surface area contributed by atoms with Crippen LogP contribution < -0.4 is 10.6 Å². The number of carbonyl (C=O) groups is 3. The van der Waals surface area contributed by atoms with E-state index in [0.29, 0.717) is 13.1 Å². The molecule has 204 valence electrons. The minimum absolute atomic E-state index is 0.00781. The SMILES string of the molecule is CCCCCNC(=O)C1N([C@@H](CO)[C@@H](C)CC)C(=O)[C@@H]2[C@@H](C(=O)NCc3ccccc3)[C@H]3CC(C)C12S3. The third-order valence-electron chi connectivity index (χ3n) is 8.97. The highest BCUT2D eigenvalue weighted by atomic mass is 32.2. The Morgan fingerprint density at radius 2 is 1.89 bits per heavy atom. The van der Waals surface area contributed by atoms with Gasteiger partial charge in [-0.2, -0.15) is 0 Å². The average molecular weight is 530 g/mol. The van der Waals surface area contributed by atoms with Gasteiger partial charge in [0.05, 0.1) is 29.2 Å². The van der Waals surface area contributed by atoms with Crippen LogP contribution in [0.2, 0.25) is 0 Å². The standard InChI is InChI=1S/C29H43N3O4S/c1-5-7-11-14-30-27(35)25-29-19(4)15-22(37-29)23(26(34)31-16-20-12-9-8-10-13-20)24(29)28(36)32(25)21(17-33)18(3)6-2/h8-10,12-13,18-19,21-25,33H,5-7,11,14-17H2,1-4H3,(H,30,35)(H,31,34)/t18-,19?,21-,22+,23-,24-,25?,29?/m0/s1. The first-order valence-electron chi connectivity index (χ1n) is 14.0. The van der Waals surface area contributed by atoms with Crippen molar-refractivity contribution >= 4 is 29.5 Å². The molecular weight excluding hydrogens is 486 g/mol. The number of thioether (sulfide) groups is 1. The summed E-state index contributed by atoms with van der Waals surface area (Å²) >= 11 is 1.68. The number of carbonyl (C=O) groups excluding carboxylic acids is 3. The van der Waals surface area contributed by atoms with Crippen molar-refractivity contribution in [2.45, 2.75) is 88.4 Å². The van der Waals surface area contributed by atoms with Crippen molar-refractivity contribution in [3.8, 4) is 0 Å². The summed E-state index contributed by atoms with van der Waals surface area (Å²) in [5.74, 6) is -1.29. The van der Waals surface area contributed by atoms with Crippen LogP contribution in [0.25, 0.3) is 0 Å². The second kappa shape index (κ2) is 11.8. The van der Waals surface area contributed by atoms with Crippen LogP contribution in [-0.4, -0.2) is 63.0 Å². The second-order valence-corrected chi connectivity index (χ2v) is 12.7. The molecule has 2 bridgehead atoms. The molecule has 1 spiro atoms. The van der Waals surface area contributed by atoms with Crippen LogP contribution in [0.4, 0.5) is 0 Å². The largest absolute Gasteiger partial charge is 0.394 e. The summed E-state index contributed by atoms with van der Waals surface area (Å²) in [6, 6.07) is 8.63. The maximum atomic E-state index is 14.3. The van der Waals surface area contributed by atoms with E-state index >= 15 is 0 Å². The molecule has 3 amide bonds. The Kier molecular flexibility index (Phi) is 8.89. The topological polar surface area (TPSA) is 98.7 Å². The predicted molar refractivity (Wildman–Crippen MR) is 147 cm³/mol. The molecular formula is C29H43N3O4S. The highest BCUT2D eigenvalue weighted by Crippen LogP contribution is 2.68. The van der Waals surface area contributed by atoms with E-state index in [-0.39, 0.29) is 41.4 Å². The molecule has 0 radical (unpaired) electrons. The van der Waals surface area contributed by atoms with Gasteiger partial charge in [0, 0.05) is 18.3 Å². The third kappa shape index (κ3) is 4.91. The fourth-order valence-corrected chi connectivity index (χ4v) is 9.23. The van der Waals surface area contributed by atoms with Gasteiger partial charge in [0.1, 0.15) is 6.04 Å². The van der Waals surface area contributed by atoms with Crippen molar-refractivity contribution in [1.29, 1.82) is 0 Å². The zero-order chi connectivity index (χ0) is 26.7. The molecule has 8 heteroatoms. The van der Waals surface area contributed by atoms with E-state index in [0.717, 1.165) is 37.7 Å². The van der Waals surface area contributed by atoms with Gasteiger partial charge in [0.25, 0.3) is 0 Å². The normalized spacial score (nSPS) is 31.8. The molecule has 8 atom stereocenters. The van der Waals surface area contributed by atoms with E-state index in [9.17, 15) is 19.5 Å². The lowest BCUT2D eigenvalue weighted by atomic mass is 9.66. The first kappa shape index (κ1) is 28.0. The number of aliphatic hydroxyl groups is 1. The lowest BCUT2D eigenvalue weighted by molar-refractivity contribution is -0.144. The minimum atomic E-state index is -0.685. The number of nitrogens with zero attached hydrogens (tertiary/aromatic N) is 1. The Hall–Kier alpha value is -2.06. The summed E-state index contributed by atoms with van der Waals surface area (Å²) in [6.45, 7) is 9.10. The third-order valence-corrected chi connectivity index (χ3v) is 11.0. The maximum absolute atomic E-state index is 14.3. The number of unbranched alkanes of at least 4 members (excludes halogenated alkanes) is 2. The first-order valence-corrected chi connectivity index (χ1v) is 14.9. The van der Waals surface area contributed by atoms with E-state index in [2.05, 4.69) is 24.5 Å². The summed E-state index contributed by atoms with van der Waals surface area (Å²) < 4.78 is -0.660. The lowest BCUT2D eigenvalue weighted by Crippen LogP contribution is -2.59. The summed E-state index contributed by atoms with van der Waals surface area (Å²) in [5, 5.41) is 16.6. The molecule has 0 aromatic heterocycles. The first-order chi connectivity index (χ1) is 17.8. The molecule has 37 heavy (non-hydrogen) atoms. The Morgan fingerprint density at radius 1 is 1.16 bits per heavy atom. The van der Waals surface area contributed by atoms with Crippen LogP contribution in [0, 0.1) is 23.7 Å². The van der Waals surface area contributed by atoms with Crippen molar-refractivity contribution in [2.75, 3.05) is 13.2 Å². The van der Waals surface area contributed by atoms with Crippen molar-refractivity contribution in [2.24, 2.45) is 23.7 Å². The fraction of sp³-hybridized carbons (Fsp3) is 0.690. The van der Waals surface area contributed by atoms with E-state index in [1.165, 1.54) is 0 Å². The number of amides is 3. The predicted octanol–water partition coefficient (Wildman–Crippen LogP) is 3.35. The number of hydrogen-bond acceptors (Lipinski definition) is 5. The molecule has 3 aliphatic heterocycles. The zero-order valence-electron chi connectivity index (χ0n) is 22.6. The highest BCUT2D eigenvalue weighted by molar-refractivity contribution is 8.02.